The van der Waals surface area contributed by atoms with E-state index in [0.29, 0.717) is 22.8 Å². The zero-order valence-electron chi connectivity index (χ0n) is 10.6. The zero-order chi connectivity index (χ0) is 15.1. The summed E-state index contributed by atoms with van der Waals surface area (Å²) in [6.07, 6.45) is 0. The van der Waals surface area contributed by atoms with Crippen LogP contribution in [0.2, 0.25) is 0 Å². The number of aromatic nitrogens is 2. The predicted molar refractivity (Wildman–Crippen MR) is 71.3 cm³/mol. The smallest absolute Gasteiger partial charge is 0.183 e. The molecule has 0 spiro atoms. The Bertz CT molecular complexity index is 845. The largest absolute Gasteiger partial charge is 0.399 e. The van der Waals surface area contributed by atoms with Crippen LogP contribution >= 0.6 is 0 Å². The molecule has 3 rings (SSSR count). The summed E-state index contributed by atoms with van der Waals surface area (Å²) in [6, 6.07) is 5.91. The van der Waals surface area contributed by atoms with Crippen molar-refractivity contribution in [2.75, 3.05) is 5.73 Å². The Labute approximate surface area is 117 Å². The van der Waals surface area contributed by atoms with Crippen molar-refractivity contribution in [1.29, 1.82) is 0 Å². The molecule has 2 aromatic carbocycles. The fourth-order valence-electron chi connectivity index (χ4n) is 2.23. The van der Waals surface area contributed by atoms with Crippen LogP contribution in [0.15, 0.2) is 30.3 Å². The van der Waals surface area contributed by atoms with Gasteiger partial charge in [0, 0.05) is 17.8 Å². The molecule has 0 atom stereocenters. The normalized spacial score (nSPS) is 11.2. The number of benzene rings is 2. The lowest BCUT2D eigenvalue weighted by molar-refractivity contribution is 0.269. The molecule has 0 aliphatic heterocycles. The molecule has 0 aliphatic carbocycles. The Hall–Kier alpha value is -2.54. The summed E-state index contributed by atoms with van der Waals surface area (Å²) in [4.78, 5) is 4.09. The van der Waals surface area contributed by atoms with Crippen LogP contribution in [0.25, 0.3) is 16.7 Å². The van der Waals surface area contributed by atoms with Gasteiger partial charge >= 0.3 is 0 Å². The molecule has 7 heteroatoms. The molecule has 0 radical (unpaired) electrons. The molecule has 1 aromatic heterocycles. The topological polar surface area (TPSA) is 64.1 Å². The Balaban J connectivity index is 2.39. The van der Waals surface area contributed by atoms with E-state index >= 15 is 0 Å². The Morgan fingerprint density at radius 2 is 1.90 bits per heavy atom. The summed E-state index contributed by atoms with van der Waals surface area (Å²) < 4.78 is 41.9. The maximum atomic E-state index is 14.0. The molecule has 3 aromatic rings. The molecular weight excluding hydrogens is 283 g/mol. The van der Waals surface area contributed by atoms with Gasteiger partial charge in [0.1, 0.15) is 18.2 Å². The van der Waals surface area contributed by atoms with Crippen LogP contribution in [0.5, 0.6) is 0 Å². The molecule has 0 fully saturated rings. The maximum absolute atomic E-state index is 14.0. The van der Waals surface area contributed by atoms with Gasteiger partial charge < -0.3 is 10.8 Å². The molecule has 3 N–H and O–H groups in total. The summed E-state index contributed by atoms with van der Waals surface area (Å²) in [5.74, 6) is -3.40. The van der Waals surface area contributed by atoms with E-state index < -0.39 is 24.1 Å². The number of nitrogen functional groups attached to an aromatic ring is 1. The first-order chi connectivity index (χ1) is 10.0. The third kappa shape index (κ3) is 2.11. The number of aliphatic hydroxyl groups is 1. The first-order valence-electron chi connectivity index (χ1n) is 6.04. The zero-order valence-corrected chi connectivity index (χ0v) is 10.6. The predicted octanol–water partition coefficient (Wildman–Crippen LogP) is 2.52. The minimum atomic E-state index is -1.31. The van der Waals surface area contributed by atoms with Gasteiger partial charge in [0.25, 0.3) is 0 Å². The second-order valence-electron chi connectivity index (χ2n) is 4.49. The van der Waals surface area contributed by atoms with Crippen molar-refractivity contribution in [3.63, 3.8) is 0 Å². The molecule has 1 heterocycles. The van der Waals surface area contributed by atoms with Crippen molar-refractivity contribution in [2.45, 2.75) is 6.61 Å². The van der Waals surface area contributed by atoms with Gasteiger partial charge in [0.15, 0.2) is 11.6 Å². The van der Waals surface area contributed by atoms with Crippen molar-refractivity contribution in [3.05, 3.63) is 53.6 Å². The number of halogens is 3. The summed E-state index contributed by atoms with van der Waals surface area (Å²) in [6.45, 7) is -0.522. The number of nitrogens with zero attached hydrogens (tertiary/aromatic N) is 2. The molecule has 108 valence electrons. The van der Waals surface area contributed by atoms with Gasteiger partial charge in [0.2, 0.25) is 0 Å². The molecule has 0 unspecified atom stereocenters. The van der Waals surface area contributed by atoms with Gasteiger partial charge in [-0.3, -0.25) is 4.57 Å². The number of fused-ring (bicyclic) bond motifs is 1. The summed E-state index contributed by atoms with van der Waals surface area (Å²) in [5, 5.41) is 9.36. The van der Waals surface area contributed by atoms with Crippen LogP contribution in [-0.2, 0) is 6.61 Å². The number of rotatable bonds is 2. The van der Waals surface area contributed by atoms with E-state index in [1.165, 1.54) is 6.07 Å². The number of hydrogen-bond donors (Lipinski definition) is 2. The van der Waals surface area contributed by atoms with Gasteiger partial charge in [0.05, 0.1) is 16.7 Å². The average Bonchev–Trinajstić information content (AvgIpc) is 2.80. The minimum absolute atomic E-state index is 0.0551. The second-order valence-corrected chi connectivity index (χ2v) is 4.49. The van der Waals surface area contributed by atoms with E-state index in [2.05, 4.69) is 4.98 Å². The van der Waals surface area contributed by atoms with Gasteiger partial charge in [-0.05, 0) is 18.2 Å². The molecule has 4 nitrogen and oxygen atoms in total. The van der Waals surface area contributed by atoms with Crippen LogP contribution in [0.3, 0.4) is 0 Å². The fraction of sp³-hybridized carbons (Fsp3) is 0.0714. The van der Waals surface area contributed by atoms with E-state index in [-0.39, 0.29) is 11.5 Å². The lowest BCUT2D eigenvalue weighted by Gasteiger charge is -2.10. The number of hydrogen-bond acceptors (Lipinski definition) is 3. The summed E-state index contributed by atoms with van der Waals surface area (Å²) in [7, 11) is 0. The van der Waals surface area contributed by atoms with Crippen LogP contribution in [0.1, 0.15) is 5.82 Å². The number of aliphatic hydroxyl groups excluding tert-OH is 1. The van der Waals surface area contributed by atoms with Crippen molar-refractivity contribution < 1.29 is 18.3 Å². The van der Waals surface area contributed by atoms with Crippen molar-refractivity contribution in [1.82, 2.24) is 9.55 Å². The van der Waals surface area contributed by atoms with E-state index in [1.54, 1.807) is 12.1 Å². The van der Waals surface area contributed by atoms with Gasteiger partial charge in [-0.2, -0.15) is 0 Å². The van der Waals surface area contributed by atoms with Crippen molar-refractivity contribution >= 4 is 16.7 Å². The highest BCUT2D eigenvalue weighted by molar-refractivity contribution is 5.81. The van der Waals surface area contributed by atoms with Crippen molar-refractivity contribution in [3.8, 4) is 5.69 Å². The first-order valence-corrected chi connectivity index (χ1v) is 6.04. The van der Waals surface area contributed by atoms with Crippen LogP contribution in [0, 0.1) is 17.5 Å². The molecule has 21 heavy (non-hydrogen) atoms. The Morgan fingerprint density at radius 1 is 1.14 bits per heavy atom. The average molecular weight is 293 g/mol. The van der Waals surface area contributed by atoms with Crippen LogP contribution in [0.4, 0.5) is 18.9 Å². The van der Waals surface area contributed by atoms with Gasteiger partial charge in [-0.1, -0.05) is 0 Å². The fourth-order valence-corrected chi connectivity index (χ4v) is 2.23. The summed E-state index contributed by atoms with van der Waals surface area (Å²) >= 11 is 0. The quantitative estimate of drug-likeness (QED) is 0.563. The molecule has 0 amide bonds. The molecular formula is C14H10F3N3O. The van der Waals surface area contributed by atoms with E-state index in [0.717, 1.165) is 10.6 Å². The number of anilines is 1. The highest BCUT2D eigenvalue weighted by Gasteiger charge is 2.18. The van der Waals surface area contributed by atoms with Crippen LogP contribution < -0.4 is 5.73 Å². The molecule has 0 bridgehead atoms. The molecule has 0 saturated heterocycles. The van der Waals surface area contributed by atoms with Gasteiger partial charge in [-0.15, -0.1) is 0 Å². The monoisotopic (exact) mass is 293 g/mol. The van der Waals surface area contributed by atoms with Crippen molar-refractivity contribution in [2.24, 2.45) is 0 Å². The number of imidazole rings is 1. The Morgan fingerprint density at radius 3 is 2.62 bits per heavy atom. The molecule has 0 aliphatic rings. The van der Waals surface area contributed by atoms with Crippen LogP contribution in [-0.4, -0.2) is 14.7 Å². The second kappa shape index (κ2) is 4.78. The Kier molecular flexibility index (Phi) is 3.06. The standard InChI is InChI=1S/C14H10F3N3O/c15-7-3-9(16)14(17)12(4-7)20-11-2-1-8(18)5-10(11)19-13(20)6-21/h1-5,21H,6,18H2. The minimum Gasteiger partial charge on any atom is -0.399 e. The lowest BCUT2D eigenvalue weighted by atomic mass is 10.2. The SMILES string of the molecule is Nc1ccc2c(c1)nc(CO)n2-c1cc(F)cc(F)c1F. The third-order valence-corrected chi connectivity index (χ3v) is 3.10. The number of nitrogens with two attached hydrogens (primary N) is 1. The maximum Gasteiger partial charge on any atom is 0.183 e. The van der Waals surface area contributed by atoms with E-state index in [1.807, 2.05) is 0 Å². The van der Waals surface area contributed by atoms with Gasteiger partial charge in [-0.25, -0.2) is 18.2 Å². The first kappa shape index (κ1) is 13.4. The lowest BCUT2D eigenvalue weighted by Crippen LogP contribution is -2.06. The summed E-state index contributed by atoms with van der Waals surface area (Å²) in [5.41, 5.74) is 6.49. The highest BCUT2D eigenvalue weighted by atomic mass is 19.2. The van der Waals surface area contributed by atoms with E-state index in [9.17, 15) is 18.3 Å². The third-order valence-electron chi connectivity index (χ3n) is 3.10. The highest BCUT2D eigenvalue weighted by Crippen LogP contribution is 2.26. The van der Waals surface area contributed by atoms with E-state index in [4.69, 9.17) is 5.73 Å². The molecule has 0 saturated carbocycles.